The van der Waals surface area contributed by atoms with E-state index in [1.54, 1.807) is 0 Å². The SMILES string of the molecule is CN/C(=C\NCC(CO)NC(=O)COCCN1CCC(Oc2ccc(OC(F)(F)F)cc2)CC1)[N+](=O)[O-]. The maximum Gasteiger partial charge on any atom is 0.573 e. The molecule has 1 atom stereocenters. The van der Waals surface area contributed by atoms with Crippen LogP contribution in [0.25, 0.3) is 0 Å². The Morgan fingerprint density at radius 2 is 1.92 bits per heavy atom. The van der Waals surface area contributed by atoms with Gasteiger partial charge in [0.15, 0.2) is 0 Å². The number of nitro groups is 1. The van der Waals surface area contributed by atoms with Crippen molar-refractivity contribution in [1.82, 2.24) is 20.9 Å². The second kappa shape index (κ2) is 15.1. The molecule has 208 valence electrons. The molecule has 1 heterocycles. The van der Waals surface area contributed by atoms with Gasteiger partial charge in [0.25, 0.3) is 0 Å². The third-order valence-corrected chi connectivity index (χ3v) is 5.32. The van der Waals surface area contributed by atoms with E-state index in [4.69, 9.17) is 9.47 Å². The summed E-state index contributed by atoms with van der Waals surface area (Å²) < 4.78 is 51.8. The highest BCUT2D eigenvalue weighted by atomic mass is 19.4. The van der Waals surface area contributed by atoms with Crippen molar-refractivity contribution in [3.63, 3.8) is 0 Å². The van der Waals surface area contributed by atoms with Crippen molar-refractivity contribution >= 4 is 5.91 Å². The molecular weight excluding hydrogens is 503 g/mol. The summed E-state index contributed by atoms with van der Waals surface area (Å²) in [5.41, 5.74) is 0. The number of carbonyl (C=O) groups excluding carboxylic acids is 1. The minimum absolute atomic E-state index is 0.0641. The number of nitrogens with zero attached hydrogens (tertiary/aromatic N) is 2. The van der Waals surface area contributed by atoms with Crippen molar-refractivity contribution in [3.05, 3.63) is 46.4 Å². The predicted octanol–water partition coefficient (Wildman–Crippen LogP) is 0.807. The van der Waals surface area contributed by atoms with E-state index in [-0.39, 0.29) is 37.4 Å². The molecule has 1 amide bonds. The highest BCUT2D eigenvalue weighted by Gasteiger charge is 2.31. The summed E-state index contributed by atoms with van der Waals surface area (Å²) >= 11 is 0. The molecule has 0 bridgehead atoms. The number of halogens is 3. The molecule has 15 heteroatoms. The van der Waals surface area contributed by atoms with E-state index in [1.807, 2.05) is 0 Å². The Morgan fingerprint density at radius 3 is 2.49 bits per heavy atom. The molecule has 0 aromatic heterocycles. The molecule has 1 aliphatic rings. The lowest BCUT2D eigenvalue weighted by Crippen LogP contribution is -2.45. The molecule has 0 spiro atoms. The smallest absolute Gasteiger partial charge is 0.490 e. The van der Waals surface area contributed by atoms with Crippen molar-refractivity contribution in [2.75, 3.05) is 53.0 Å². The maximum absolute atomic E-state index is 12.2. The maximum atomic E-state index is 12.2. The Kier molecular flexibility index (Phi) is 12.2. The van der Waals surface area contributed by atoms with Gasteiger partial charge in [0.2, 0.25) is 5.91 Å². The Morgan fingerprint density at radius 1 is 1.27 bits per heavy atom. The quantitative estimate of drug-likeness (QED) is 0.144. The van der Waals surface area contributed by atoms with Gasteiger partial charge in [-0.25, -0.2) is 0 Å². The molecule has 4 N–H and O–H groups in total. The number of benzene rings is 1. The van der Waals surface area contributed by atoms with Gasteiger partial charge in [-0.3, -0.25) is 10.1 Å². The fraction of sp³-hybridized carbons (Fsp3) is 0.591. The Labute approximate surface area is 211 Å². The van der Waals surface area contributed by atoms with E-state index in [9.17, 15) is 33.2 Å². The van der Waals surface area contributed by atoms with Gasteiger partial charge in [0.1, 0.15) is 24.2 Å². The molecule has 1 aromatic rings. The van der Waals surface area contributed by atoms with Crippen molar-refractivity contribution in [3.8, 4) is 11.5 Å². The molecule has 37 heavy (non-hydrogen) atoms. The highest BCUT2D eigenvalue weighted by Crippen LogP contribution is 2.26. The number of amides is 1. The van der Waals surface area contributed by atoms with Crippen LogP contribution in [0.5, 0.6) is 11.5 Å². The molecule has 12 nitrogen and oxygen atoms in total. The topological polar surface area (TPSA) is 147 Å². The summed E-state index contributed by atoms with van der Waals surface area (Å²) in [5.74, 6) is -0.517. The summed E-state index contributed by atoms with van der Waals surface area (Å²) in [7, 11) is 1.40. The molecule has 0 saturated carbocycles. The van der Waals surface area contributed by atoms with Crippen LogP contribution < -0.4 is 25.4 Å². The fourth-order valence-corrected chi connectivity index (χ4v) is 3.47. The lowest BCUT2D eigenvalue weighted by molar-refractivity contribution is -0.431. The lowest BCUT2D eigenvalue weighted by atomic mass is 10.1. The lowest BCUT2D eigenvalue weighted by Gasteiger charge is -2.32. The molecular formula is C22H32F3N5O7. The molecule has 1 unspecified atom stereocenters. The number of carbonyl (C=O) groups is 1. The van der Waals surface area contributed by atoms with Gasteiger partial charge in [-0.15, -0.1) is 13.2 Å². The van der Waals surface area contributed by atoms with Gasteiger partial charge in [0, 0.05) is 26.2 Å². The van der Waals surface area contributed by atoms with Crippen LogP contribution in [0.2, 0.25) is 0 Å². The zero-order chi connectivity index (χ0) is 27.3. The van der Waals surface area contributed by atoms with Gasteiger partial charge >= 0.3 is 12.2 Å². The second-order valence-electron chi connectivity index (χ2n) is 8.12. The molecule has 0 radical (unpaired) electrons. The molecule has 1 fully saturated rings. The van der Waals surface area contributed by atoms with Gasteiger partial charge in [-0.1, -0.05) is 0 Å². The Hall–Kier alpha value is -3.30. The largest absolute Gasteiger partial charge is 0.573 e. The number of ether oxygens (including phenoxy) is 3. The van der Waals surface area contributed by atoms with Crippen LogP contribution in [-0.4, -0.2) is 92.4 Å². The first kappa shape index (κ1) is 29.9. The van der Waals surface area contributed by atoms with Gasteiger partial charge in [0.05, 0.1) is 32.5 Å². The third kappa shape index (κ3) is 12.0. The van der Waals surface area contributed by atoms with Gasteiger partial charge in [-0.05, 0) is 42.0 Å². The van der Waals surface area contributed by atoms with Gasteiger partial charge in [-0.2, -0.15) is 0 Å². The molecule has 1 saturated heterocycles. The monoisotopic (exact) mass is 535 g/mol. The number of alkyl halides is 3. The van der Waals surface area contributed by atoms with Gasteiger partial charge < -0.3 is 45.0 Å². The predicted molar refractivity (Wildman–Crippen MR) is 125 cm³/mol. The van der Waals surface area contributed by atoms with E-state index < -0.39 is 23.2 Å². The van der Waals surface area contributed by atoms with E-state index in [1.165, 1.54) is 31.3 Å². The van der Waals surface area contributed by atoms with Crippen LogP contribution in [0.1, 0.15) is 12.8 Å². The Balaban J connectivity index is 1.59. The summed E-state index contributed by atoms with van der Waals surface area (Å²) in [6, 6.07) is 4.64. The number of likely N-dealkylation sites (tertiary alicyclic amines) is 1. The molecule has 0 aliphatic carbocycles. The van der Waals surface area contributed by atoms with Crippen LogP contribution in [0.4, 0.5) is 13.2 Å². The van der Waals surface area contributed by atoms with Crippen molar-refractivity contribution < 1.29 is 42.2 Å². The number of rotatable bonds is 15. The van der Waals surface area contributed by atoms with Crippen LogP contribution in [0.15, 0.2) is 36.3 Å². The van der Waals surface area contributed by atoms with Crippen LogP contribution in [-0.2, 0) is 9.53 Å². The van der Waals surface area contributed by atoms with Crippen molar-refractivity contribution in [2.45, 2.75) is 31.3 Å². The number of piperidine rings is 1. The zero-order valence-corrected chi connectivity index (χ0v) is 20.3. The average molecular weight is 536 g/mol. The average Bonchev–Trinajstić information content (AvgIpc) is 2.84. The van der Waals surface area contributed by atoms with E-state index in [0.717, 1.165) is 32.1 Å². The number of hydrogen-bond acceptors (Lipinski definition) is 10. The Bertz CT molecular complexity index is 878. The normalized spacial score (nSPS) is 16.1. The first-order valence-electron chi connectivity index (χ1n) is 11.6. The first-order chi connectivity index (χ1) is 17.6. The molecule has 2 rings (SSSR count). The number of nitrogens with one attached hydrogen (secondary N) is 3. The van der Waals surface area contributed by atoms with Crippen LogP contribution in [0, 0.1) is 10.1 Å². The van der Waals surface area contributed by atoms with E-state index in [2.05, 4.69) is 25.6 Å². The number of hydrogen-bond donors (Lipinski definition) is 4. The highest BCUT2D eigenvalue weighted by molar-refractivity contribution is 5.77. The first-order valence-corrected chi connectivity index (χ1v) is 11.6. The number of aliphatic hydroxyl groups excluding tert-OH is 1. The minimum Gasteiger partial charge on any atom is -0.490 e. The third-order valence-electron chi connectivity index (χ3n) is 5.32. The van der Waals surface area contributed by atoms with Crippen molar-refractivity contribution in [1.29, 1.82) is 0 Å². The fourth-order valence-electron chi connectivity index (χ4n) is 3.47. The van der Waals surface area contributed by atoms with Crippen LogP contribution >= 0.6 is 0 Å². The van der Waals surface area contributed by atoms with Crippen molar-refractivity contribution in [2.24, 2.45) is 0 Å². The second-order valence-corrected chi connectivity index (χ2v) is 8.12. The molecule has 1 aliphatic heterocycles. The zero-order valence-electron chi connectivity index (χ0n) is 20.3. The summed E-state index contributed by atoms with van der Waals surface area (Å²) in [4.78, 5) is 24.3. The number of aliphatic hydroxyl groups is 1. The summed E-state index contributed by atoms with van der Waals surface area (Å²) in [5, 5.41) is 27.7. The summed E-state index contributed by atoms with van der Waals surface area (Å²) in [6.07, 6.45) is -2.20. The molecule has 1 aromatic carbocycles. The van der Waals surface area contributed by atoms with E-state index in [0.29, 0.717) is 18.9 Å². The minimum atomic E-state index is -4.74. The standard InChI is InChI=1S/C22H32F3N5O7/c1-26-20(30(33)34)13-27-12-16(14-31)28-21(32)15-35-11-10-29-8-6-18(7-9-29)36-17-2-4-19(5-3-17)37-22(23,24)25/h2-5,13,16,18,26-27,31H,6-12,14-15H2,1H3,(H,28,32)/b20-13+. The summed E-state index contributed by atoms with van der Waals surface area (Å²) in [6.45, 7) is 1.93. The van der Waals surface area contributed by atoms with Crippen LogP contribution in [0.3, 0.4) is 0 Å². The van der Waals surface area contributed by atoms with E-state index >= 15 is 0 Å².